The van der Waals surface area contributed by atoms with E-state index >= 15 is 0 Å². The Morgan fingerprint density at radius 3 is 2.63 bits per heavy atom. The Hall–Kier alpha value is -1.51. The maximum Gasteiger partial charge on any atom is 0.253 e. The summed E-state index contributed by atoms with van der Waals surface area (Å²) in [5.74, 6) is 0.944. The Balaban J connectivity index is 1.99. The van der Waals surface area contributed by atoms with Gasteiger partial charge in [0, 0.05) is 30.9 Å². The van der Waals surface area contributed by atoms with Crippen molar-refractivity contribution in [3.8, 4) is 0 Å². The fourth-order valence-corrected chi connectivity index (χ4v) is 2.41. The van der Waals surface area contributed by atoms with Gasteiger partial charge in [-0.3, -0.25) is 4.79 Å². The molecule has 1 aliphatic rings. The maximum atomic E-state index is 12.3. The lowest BCUT2D eigenvalue weighted by molar-refractivity contribution is 0.0773. The van der Waals surface area contributed by atoms with Crippen molar-refractivity contribution in [2.24, 2.45) is 5.92 Å². The summed E-state index contributed by atoms with van der Waals surface area (Å²) in [4.78, 5) is 14.1. The summed E-state index contributed by atoms with van der Waals surface area (Å²) in [5.41, 5.74) is 1.84. The Labute approximate surface area is 116 Å². The van der Waals surface area contributed by atoms with Crippen molar-refractivity contribution in [2.75, 3.05) is 25.0 Å². The van der Waals surface area contributed by atoms with Gasteiger partial charge in [0.05, 0.1) is 0 Å². The Morgan fingerprint density at radius 1 is 1.32 bits per heavy atom. The van der Waals surface area contributed by atoms with Crippen LogP contribution in [-0.4, -0.2) is 30.4 Å². The van der Waals surface area contributed by atoms with Crippen LogP contribution in [0.3, 0.4) is 0 Å². The highest BCUT2D eigenvalue weighted by atomic mass is 16.2. The van der Waals surface area contributed by atoms with Crippen LogP contribution in [-0.2, 0) is 0 Å². The fraction of sp³-hybridized carbons (Fsp3) is 0.562. The highest BCUT2D eigenvalue weighted by Crippen LogP contribution is 2.26. The standard InChI is InChI=1S/C16H24N2O/c1-3-18(4-2)16(19)14-9-6-10-15(11-14)17-12-13-7-5-8-13/h6,9-11,13,17H,3-5,7-8,12H2,1-2H3. The zero-order valence-corrected chi connectivity index (χ0v) is 12.0. The Morgan fingerprint density at radius 2 is 2.05 bits per heavy atom. The first-order chi connectivity index (χ1) is 9.24. The number of hydrogen-bond donors (Lipinski definition) is 1. The number of hydrogen-bond acceptors (Lipinski definition) is 2. The molecule has 0 aromatic heterocycles. The summed E-state index contributed by atoms with van der Waals surface area (Å²) in [5, 5.41) is 3.45. The van der Waals surface area contributed by atoms with Gasteiger partial charge in [0.2, 0.25) is 0 Å². The normalized spacial score (nSPS) is 14.8. The lowest BCUT2D eigenvalue weighted by Gasteiger charge is -2.26. The highest BCUT2D eigenvalue weighted by Gasteiger charge is 2.17. The second-order valence-corrected chi connectivity index (χ2v) is 5.24. The van der Waals surface area contributed by atoms with E-state index in [1.54, 1.807) is 0 Å². The topological polar surface area (TPSA) is 32.3 Å². The van der Waals surface area contributed by atoms with Gasteiger partial charge in [-0.15, -0.1) is 0 Å². The van der Waals surface area contributed by atoms with Gasteiger partial charge in [-0.1, -0.05) is 12.5 Å². The summed E-state index contributed by atoms with van der Waals surface area (Å²) in [6.45, 7) is 6.58. The third kappa shape index (κ3) is 3.49. The van der Waals surface area contributed by atoms with Crippen LogP contribution in [0.5, 0.6) is 0 Å². The molecule has 1 saturated carbocycles. The molecule has 1 amide bonds. The monoisotopic (exact) mass is 260 g/mol. The summed E-state index contributed by atoms with van der Waals surface area (Å²) < 4.78 is 0. The average Bonchev–Trinajstić information content (AvgIpc) is 2.38. The minimum Gasteiger partial charge on any atom is -0.385 e. The molecule has 0 spiro atoms. The van der Waals surface area contributed by atoms with E-state index in [0.29, 0.717) is 0 Å². The van der Waals surface area contributed by atoms with Crippen LogP contribution in [0.25, 0.3) is 0 Å². The number of anilines is 1. The number of carbonyl (C=O) groups excluding carboxylic acids is 1. The van der Waals surface area contributed by atoms with E-state index < -0.39 is 0 Å². The number of carbonyl (C=O) groups is 1. The van der Waals surface area contributed by atoms with Crippen molar-refractivity contribution in [2.45, 2.75) is 33.1 Å². The molecule has 0 aliphatic heterocycles. The quantitative estimate of drug-likeness (QED) is 0.850. The average molecular weight is 260 g/mol. The molecule has 0 bridgehead atoms. The van der Waals surface area contributed by atoms with E-state index in [1.165, 1.54) is 19.3 Å². The molecule has 0 atom stereocenters. The van der Waals surface area contributed by atoms with Gasteiger partial charge in [-0.2, -0.15) is 0 Å². The first-order valence-corrected chi connectivity index (χ1v) is 7.37. The fourth-order valence-electron chi connectivity index (χ4n) is 2.41. The molecule has 19 heavy (non-hydrogen) atoms. The van der Waals surface area contributed by atoms with Crippen molar-refractivity contribution < 1.29 is 4.79 Å². The van der Waals surface area contributed by atoms with Gasteiger partial charge in [-0.25, -0.2) is 0 Å². The van der Waals surface area contributed by atoms with Crippen molar-refractivity contribution in [3.05, 3.63) is 29.8 Å². The van der Waals surface area contributed by atoms with Gasteiger partial charge in [0.15, 0.2) is 0 Å². The summed E-state index contributed by atoms with van der Waals surface area (Å²) in [6, 6.07) is 7.87. The van der Waals surface area contributed by atoms with Crippen molar-refractivity contribution in [1.82, 2.24) is 4.90 Å². The molecule has 0 heterocycles. The maximum absolute atomic E-state index is 12.3. The summed E-state index contributed by atoms with van der Waals surface area (Å²) >= 11 is 0. The molecule has 1 fully saturated rings. The molecular formula is C16H24N2O. The zero-order valence-electron chi connectivity index (χ0n) is 12.0. The lowest BCUT2D eigenvalue weighted by Crippen LogP contribution is -2.30. The third-order valence-corrected chi connectivity index (χ3v) is 3.98. The van der Waals surface area contributed by atoms with E-state index in [1.807, 2.05) is 43.0 Å². The predicted molar refractivity (Wildman–Crippen MR) is 79.5 cm³/mol. The van der Waals surface area contributed by atoms with Crippen LogP contribution in [0.15, 0.2) is 24.3 Å². The SMILES string of the molecule is CCN(CC)C(=O)c1cccc(NCC2CCC2)c1. The predicted octanol–water partition coefficient (Wildman–Crippen LogP) is 3.38. The summed E-state index contributed by atoms with van der Waals surface area (Å²) in [7, 11) is 0. The van der Waals surface area contributed by atoms with Crippen LogP contribution in [0.4, 0.5) is 5.69 Å². The molecule has 0 saturated heterocycles. The number of nitrogens with zero attached hydrogens (tertiary/aromatic N) is 1. The molecule has 0 unspecified atom stereocenters. The smallest absolute Gasteiger partial charge is 0.253 e. The van der Waals surface area contributed by atoms with Crippen molar-refractivity contribution >= 4 is 11.6 Å². The molecule has 1 N–H and O–H groups in total. The van der Waals surface area contributed by atoms with Gasteiger partial charge in [0.1, 0.15) is 0 Å². The number of amides is 1. The highest BCUT2D eigenvalue weighted by molar-refractivity contribution is 5.95. The van der Waals surface area contributed by atoms with Gasteiger partial charge >= 0.3 is 0 Å². The molecule has 1 aromatic rings. The van der Waals surface area contributed by atoms with Crippen LogP contribution in [0, 0.1) is 5.92 Å². The van der Waals surface area contributed by atoms with E-state index in [2.05, 4.69) is 5.32 Å². The number of nitrogens with one attached hydrogen (secondary N) is 1. The van der Waals surface area contributed by atoms with E-state index in [0.717, 1.165) is 36.8 Å². The minimum atomic E-state index is 0.122. The second-order valence-electron chi connectivity index (χ2n) is 5.24. The Kier molecular flexibility index (Phi) is 4.83. The molecule has 1 aromatic carbocycles. The lowest BCUT2D eigenvalue weighted by atomic mass is 9.85. The van der Waals surface area contributed by atoms with E-state index in [-0.39, 0.29) is 5.91 Å². The van der Waals surface area contributed by atoms with Crippen LogP contribution < -0.4 is 5.32 Å². The minimum absolute atomic E-state index is 0.122. The zero-order chi connectivity index (χ0) is 13.7. The van der Waals surface area contributed by atoms with Crippen molar-refractivity contribution in [1.29, 1.82) is 0 Å². The molecule has 104 valence electrons. The molecule has 0 radical (unpaired) electrons. The molecule has 1 aliphatic carbocycles. The largest absolute Gasteiger partial charge is 0.385 e. The van der Waals surface area contributed by atoms with Gasteiger partial charge < -0.3 is 10.2 Å². The number of benzene rings is 1. The van der Waals surface area contributed by atoms with Crippen LogP contribution >= 0.6 is 0 Å². The molecule has 2 rings (SSSR count). The van der Waals surface area contributed by atoms with E-state index in [4.69, 9.17) is 0 Å². The van der Waals surface area contributed by atoms with Crippen molar-refractivity contribution in [3.63, 3.8) is 0 Å². The number of rotatable bonds is 6. The van der Waals surface area contributed by atoms with Crippen LogP contribution in [0.2, 0.25) is 0 Å². The first kappa shape index (κ1) is 13.9. The second kappa shape index (κ2) is 6.60. The first-order valence-electron chi connectivity index (χ1n) is 7.37. The van der Waals surface area contributed by atoms with E-state index in [9.17, 15) is 4.79 Å². The van der Waals surface area contributed by atoms with Crippen LogP contribution in [0.1, 0.15) is 43.5 Å². The third-order valence-electron chi connectivity index (χ3n) is 3.98. The molecule has 3 heteroatoms. The summed E-state index contributed by atoms with van der Waals surface area (Å²) in [6.07, 6.45) is 4.04. The molecular weight excluding hydrogens is 236 g/mol. The molecule has 3 nitrogen and oxygen atoms in total. The van der Waals surface area contributed by atoms with Gasteiger partial charge in [-0.05, 0) is 50.8 Å². The van der Waals surface area contributed by atoms with Gasteiger partial charge in [0.25, 0.3) is 5.91 Å². The Bertz CT molecular complexity index is 423.